The van der Waals surface area contributed by atoms with Gasteiger partial charge in [0.1, 0.15) is 5.82 Å². The van der Waals surface area contributed by atoms with Crippen molar-refractivity contribution in [2.45, 2.75) is 26.2 Å². The van der Waals surface area contributed by atoms with Gasteiger partial charge in [-0.2, -0.15) is 4.98 Å². The molecule has 1 saturated heterocycles. The number of rotatable bonds is 4. The molecule has 1 fully saturated rings. The minimum Gasteiger partial charge on any atom is -0.459 e. The van der Waals surface area contributed by atoms with Gasteiger partial charge in [-0.25, -0.2) is 4.98 Å². The van der Waals surface area contributed by atoms with E-state index in [4.69, 9.17) is 8.94 Å². The molecule has 0 aliphatic carbocycles. The molecule has 8 nitrogen and oxygen atoms in total. The number of anilines is 1. The Bertz CT molecular complexity index is 935. The molecule has 0 atom stereocenters. The molecule has 0 N–H and O–H groups in total. The lowest BCUT2D eigenvalue weighted by molar-refractivity contribution is 0.0735. The highest BCUT2D eigenvalue weighted by molar-refractivity contribution is 5.91. The van der Waals surface area contributed by atoms with Crippen molar-refractivity contribution in [2.24, 2.45) is 0 Å². The van der Waals surface area contributed by atoms with Gasteiger partial charge in [-0.15, -0.1) is 0 Å². The normalized spacial score (nSPS) is 15.1. The SMILES string of the molecule is CC(C)c1noc(-c2cccnc2N2CCCN(C(=O)c3ccco3)CC2)n1. The van der Waals surface area contributed by atoms with Crippen molar-refractivity contribution >= 4 is 11.7 Å². The highest BCUT2D eigenvalue weighted by Crippen LogP contribution is 2.29. The van der Waals surface area contributed by atoms with Crippen molar-refractivity contribution in [3.8, 4) is 11.5 Å². The molecule has 4 heterocycles. The van der Waals surface area contributed by atoms with E-state index >= 15 is 0 Å². The predicted molar refractivity (Wildman–Crippen MR) is 103 cm³/mol. The third-order valence-corrected chi connectivity index (χ3v) is 4.79. The first kappa shape index (κ1) is 18.2. The number of furan rings is 1. The Balaban J connectivity index is 1.54. The summed E-state index contributed by atoms with van der Waals surface area (Å²) in [5, 5.41) is 4.06. The summed E-state index contributed by atoms with van der Waals surface area (Å²) in [6, 6.07) is 7.23. The second kappa shape index (κ2) is 7.84. The Morgan fingerprint density at radius 2 is 2.04 bits per heavy atom. The lowest BCUT2D eigenvalue weighted by atomic mass is 10.2. The number of hydrogen-bond acceptors (Lipinski definition) is 7. The van der Waals surface area contributed by atoms with Gasteiger partial charge in [0.2, 0.25) is 0 Å². The van der Waals surface area contributed by atoms with Crippen LogP contribution in [0.2, 0.25) is 0 Å². The molecule has 146 valence electrons. The summed E-state index contributed by atoms with van der Waals surface area (Å²) >= 11 is 0. The Morgan fingerprint density at radius 1 is 1.14 bits per heavy atom. The van der Waals surface area contributed by atoms with Crippen LogP contribution in [0, 0.1) is 0 Å². The van der Waals surface area contributed by atoms with E-state index in [1.165, 1.54) is 6.26 Å². The summed E-state index contributed by atoms with van der Waals surface area (Å²) in [6.07, 6.45) is 4.12. The monoisotopic (exact) mass is 381 g/mol. The summed E-state index contributed by atoms with van der Waals surface area (Å²) in [4.78, 5) is 25.7. The second-order valence-electron chi connectivity index (χ2n) is 7.10. The maximum Gasteiger partial charge on any atom is 0.289 e. The van der Waals surface area contributed by atoms with Crippen LogP contribution >= 0.6 is 0 Å². The third kappa shape index (κ3) is 3.62. The maximum absolute atomic E-state index is 12.6. The molecule has 1 aliphatic heterocycles. The second-order valence-corrected chi connectivity index (χ2v) is 7.10. The van der Waals surface area contributed by atoms with Crippen LogP contribution in [-0.2, 0) is 0 Å². The number of carbonyl (C=O) groups is 1. The van der Waals surface area contributed by atoms with Gasteiger partial charge < -0.3 is 18.7 Å². The highest BCUT2D eigenvalue weighted by atomic mass is 16.5. The van der Waals surface area contributed by atoms with Gasteiger partial charge in [0.05, 0.1) is 11.8 Å². The van der Waals surface area contributed by atoms with Crippen LogP contribution < -0.4 is 4.90 Å². The first-order chi connectivity index (χ1) is 13.6. The molecule has 3 aromatic heterocycles. The van der Waals surface area contributed by atoms with Crippen LogP contribution in [0.5, 0.6) is 0 Å². The average Bonchev–Trinajstić information content (AvgIpc) is 3.36. The van der Waals surface area contributed by atoms with Crippen LogP contribution in [0.3, 0.4) is 0 Å². The Kier molecular flexibility index (Phi) is 5.10. The van der Waals surface area contributed by atoms with Crippen molar-refractivity contribution in [3.05, 3.63) is 48.3 Å². The van der Waals surface area contributed by atoms with Gasteiger partial charge in [-0.3, -0.25) is 4.79 Å². The fourth-order valence-corrected chi connectivity index (χ4v) is 3.28. The summed E-state index contributed by atoms with van der Waals surface area (Å²) in [6.45, 7) is 6.78. The van der Waals surface area contributed by atoms with Gasteiger partial charge in [0.25, 0.3) is 11.8 Å². The fraction of sp³-hybridized carbons (Fsp3) is 0.400. The van der Waals surface area contributed by atoms with E-state index in [1.807, 2.05) is 30.9 Å². The van der Waals surface area contributed by atoms with E-state index in [-0.39, 0.29) is 11.8 Å². The number of pyridine rings is 1. The van der Waals surface area contributed by atoms with Crippen LogP contribution in [0.25, 0.3) is 11.5 Å². The summed E-state index contributed by atoms with van der Waals surface area (Å²) in [5.74, 6) is 2.44. The molecule has 0 spiro atoms. The largest absolute Gasteiger partial charge is 0.459 e. The number of hydrogen-bond donors (Lipinski definition) is 0. The van der Waals surface area contributed by atoms with Crippen molar-refractivity contribution in [1.29, 1.82) is 0 Å². The predicted octanol–water partition coefficient (Wildman–Crippen LogP) is 3.20. The van der Waals surface area contributed by atoms with Crippen LogP contribution in [-0.4, -0.2) is 52.1 Å². The van der Waals surface area contributed by atoms with Crippen LogP contribution in [0.1, 0.15) is 42.6 Å². The molecule has 8 heteroatoms. The number of amides is 1. The van der Waals surface area contributed by atoms with E-state index in [0.717, 1.165) is 24.3 Å². The lowest BCUT2D eigenvalue weighted by Crippen LogP contribution is -2.35. The molecule has 1 amide bonds. The number of nitrogens with zero attached hydrogens (tertiary/aromatic N) is 5. The molecule has 0 radical (unpaired) electrons. The van der Waals surface area contributed by atoms with E-state index in [2.05, 4.69) is 20.0 Å². The maximum atomic E-state index is 12.6. The summed E-state index contributed by atoms with van der Waals surface area (Å²) in [7, 11) is 0. The molecule has 3 aromatic rings. The van der Waals surface area contributed by atoms with E-state index < -0.39 is 0 Å². The highest BCUT2D eigenvalue weighted by Gasteiger charge is 2.25. The van der Waals surface area contributed by atoms with E-state index in [1.54, 1.807) is 18.3 Å². The van der Waals surface area contributed by atoms with Crippen molar-refractivity contribution in [3.63, 3.8) is 0 Å². The minimum atomic E-state index is -0.0772. The standard InChI is InChI=1S/C20H23N5O3/c1-14(2)17-22-19(28-23-17)15-6-3-8-21-18(15)24-9-5-10-25(12-11-24)20(26)16-7-4-13-27-16/h3-4,6-8,13-14H,5,9-12H2,1-2H3. The Hall–Kier alpha value is -3.16. The van der Waals surface area contributed by atoms with Crippen molar-refractivity contribution in [2.75, 3.05) is 31.1 Å². The van der Waals surface area contributed by atoms with Crippen LogP contribution in [0.15, 0.2) is 45.7 Å². The van der Waals surface area contributed by atoms with Gasteiger partial charge in [-0.05, 0) is 30.7 Å². The minimum absolute atomic E-state index is 0.0772. The molecule has 1 aliphatic rings. The Morgan fingerprint density at radius 3 is 2.79 bits per heavy atom. The average molecular weight is 381 g/mol. The lowest BCUT2D eigenvalue weighted by Gasteiger charge is -2.23. The molecular formula is C20H23N5O3. The molecule has 0 unspecified atom stereocenters. The molecule has 0 aromatic carbocycles. The zero-order valence-corrected chi connectivity index (χ0v) is 16.0. The Labute approximate surface area is 163 Å². The van der Waals surface area contributed by atoms with E-state index in [0.29, 0.717) is 37.1 Å². The van der Waals surface area contributed by atoms with Gasteiger partial charge in [-0.1, -0.05) is 19.0 Å². The number of carbonyl (C=O) groups excluding carboxylic acids is 1. The van der Waals surface area contributed by atoms with Crippen molar-refractivity contribution < 1.29 is 13.7 Å². The molecule has 28 heavy (non-hydrogen) atoms. The quantitative estimate of drug-likeness (QED) is 0.685. The molecular weight excluding hydrogens is 358 g/mol. The molecule has 4 rings (SSSR count). The topological polar surface area (TPSA) is 88.5 Å². The fourth-order valence-electron chi connectivity index (χ4n) is 3.28. The van der Waals surface area contributed by atoms with Crippen LogP contribution in [0.4, 0.5) is 5.82 Å². The zero-order valence-electron chi connectivity index (χ0n) is 16.0. The number of aromatic nitrogens is 3. The third-order valence-electron chi connectivity index (χ3n) is 4.79. The smallest absolute Gasteiger partial charge is 0.289 e. The summed E-state index contributed by atoms with van der Waals surface area (Å²) < 4.78 is 10.7. The zero-order chi connectivity index (χ0) is 19.5. The van der Waals surface area contributed by atoms with Crippen molar-refractivity contribution in [1.82, 2.24) is 20.0 Å². The van der Waals surface area contributed by atoms with Gasteiger partial charge in [0, 0.05) is 38.3 Å². The van der Waals surface area contributed by atoms with E-state index in [9.17, 15) is 4.79 Å². The first-order valence-electron chi connectivity index (χ1n) is 9.50. The summed E-state index contributed by atoms with van der Waals surface area (Å²) in [5.41, 5.74) is 0.813. The van der Waals surface area contributed by atoms with Gasteiger partial charge >= 0.3 is 0 Å². The van der Waals surface area contributed by atoms with Gasteiger partial charge in [0.15, 0.2) is 11.6 Å². The molecule has 0 bridgehead atoms. The first-order valence-corrected chi connectivity index (χ1v) is 9.50. The molecule has 0 saturated carbocycles.